The molecule has 1 aliphatic heterocycles. The molecule has 0 amide bonds. The fourth-order valence-corrected chi connectivity index (χ4v) is 12.4. The van der Waals surface area contributed by atoms with Crippen LogP contribution in [0.3, 0.4) is 0 Å². The third kappa shape index (κ3) is 4.39. The van der Waals surface area contributed by atoms with Gasteiger partial charge in [0.2, 0.25) is 6.29 Å². The molecule has 0 aromatic carbocycles. The maximum absolute atomic E-state index is 14.5. The van der Waals surface area contributed by atoms with Crippen LogP contribution in [0.5, 0.6) is 0 Å². The largest absolute Gasteiger partial charge is 0.432 e. The molecule has 4 saturated carbocycles. The normalized spacial score (nSPS) is 56.4. The zero-order valence-electron chi connectivity index (χ0n) is 28.6. The molecule has 262 valence electrons. The van der Waals surface area contributed by atoms with Crippen LogP contribution in [-0.4, -0.2) is 96.8 Å². The van der Waals surface area contributed by atoms with Crippen LogP contribution in [0, 0.1) is 50.7 Å². The summed E-state index contributed by atoms with van der Waals surface area (Å²) in [7, 11) is 0. The number of carbonyl (C=O) groups excluding carboxylic acids is 1. The molecule has 0 aromatic heterocycles. The van der Waals surface area contributed by atoms with Gasteiger partial charge >= 0.3 is 5.97 Å². The third-order valence-electron chi connectivity index (χ3n) is 15.5. The molecule has 10 nitrogen and oxygen atoms in total. The van der Waals surface area contributed by atoms with Gasteiger partial charge in [0.15, 0.2) is 0 Å². The topological polar surface area (TPSA) is 177 Å². The van der Waals surface area contributed by atoms with Crippen LogP contribution in [-0.2, 0) is 14.3 Å². The Hall–Kier alpha value is -1.11. The standard InChI is InChI=1S/C36H58O10/c1-18-10-13-36(30(43)46-29-26(41)25(40)24(39)21(17-37)45-29)15-14-33(5)19(27(36)35(18,7)44)8-9-23-32(4)16-20(38)28(42)31(2,3)22(32)11-12-34(23,33)6/h8,18,20-29,37-42,44H,9-17H2,1-7H3/t18-,20-,21-,22+,23-,24-,25+,26-,27-,28+,29+,32+,33-,34-,35-,36+/m0/s1. The van der Waals surface area contributed by atoms with Crippen molar-refractivity contribution in [2.75, 3.05) is 6.61 Å². The Balaban J connectivity index is 1.39. The van der Waals surface area contributed by atoms with Crippen LogP contribution in [0.25, 0.3) is 0 Å². The third-order valence-corrected chi connectivity index (χ3v) is 15.5. The predicted molar refractivity (Wildman–Crippen MR) is 168 cm³/mol. The predicted octanol–water partition coefficient (Wildman–Crippen LogP) is 2.43. The van der Waals surface area contributed by atoms with Gasteiger partial charge in [-0.1, -0.05) is 53.2 Å². The van der Waals surface area contributed by atoms with Gasteiger partial charge in [-0.2, -0.15) is 0 Å². The molecule has 6 rings (SSSR count). The van der Waals surface area contributed by atoms with E-state index < -0.39 is 77.8 Å². The van der Waals surface area contributed by atoms with Gasteiger partial charge in [-0.05, 0) is 97.7 Å². The second-order valence-electron chi connectivity index (χ2n) is 17.7. The van der Waals surface area contributed by atoms with Gasteiger partial charge in [-0.25, -0.2) is 0 Å². The van der Waals surface area contributed by atoms with Crippen molar-refractivity contribution < 1.29 is 50.0 Å². The summed E-state index contributed by atoms with van der Waals surface area (Å²) >= 11 is 0. The van der Waals surface area contributed by atoms with E-state index in [0.29, 0.717) is 32.1 Å². The van der Waals surface area contributed by atoms with E-state index >= 15 is 0 Å². The molecule has 1 saturated heterocycles. The molecule has 5 fully saturated rings. The van der Waals surface area contributed by atoms with Crippen LogP contribution in [0.15, 0.2) is 11.6 Å². The lowest BCUT2D eigenvalue weighted by atomic mass is 9.33. The van der Waals surface area contributed by atoms with Crippen LogP contribution in [0.4, 0.5) is 0 Å². The van der Waals surface area contributed by atoms with Crippen molar-refractivity contribution in [1.29, 1.82) is 0 Å². The molecule has 0 spiro atoms. The minimum atomic E-state index is -1.70. The summed E-state index contributed by atoms with van der Waals surface area (Å²) in [5.74, 6) is -0.787. The summed E-state index contributed by atoms with van der Waals surface area (Å²) in [4.78, 5) is 14.5. The summed E-state index contributed by atoms with van der Waals surface area (Å²) in [5.41, 5.74) is -2.44. The number of ether oxygens (including phenoxy) is 2. The number of hydrogen-bond donors (Lipinski definition) is 7. The molecule has 7 N–H and O–H groups in total. The number of carbonyl (C=O) groups is 1. The van der Waals surface area contributed by atoms with E-state index in [1.54, 1.807) is 0 Å². The van der Waals surface area contributed by atoms with Gasteiger partial charge in [0.25, 0.3) is 0 Å². The molecule has 1 heterocycles. The van der Waals surface area contributed by atoms with Crippen molar-refractivity contribution >= 4 is 5.97 Å². The Morgan fingerprint density at radius 2 is 1.59 bits per heavy atom. The maximum Gasteiger partial charge on any atom is 0.315 e. The molecule has 5 aliphatic carbocycles. The van der Waals surface area contributed by atoms with Crippen molar-refractivity contribution in [1.82, 2.24) is 0 Å². The molecule has 10 heteroatoms. The van der Waals surface area contributed by atoms with E-state index in [9.17, 15) is 40.5 Å². The van der Waals surface area contributed by atoms with E-state index in [0.717, 1.165) is 24.8 Å². The number of allylic oxidation sites excluding steroid dienone is 1. The summed E-state index contributed by atoms with van der Waals surface area (Å²) < 4.78 is 11.5. The Kier molecular flexibility index (Phi) is 8.27. The zero-order chi connectivity index (χ0) is 34.0. The minimum absolute atomic E-state index is 0.0940. The molecular weight excluding hydrogens is 592 g/mol. The number of aliphatic hydroxyl groups is 7. The summed E-state index contributed by atoms with van der Waals surface area (Å²) in [6, 6.07) is 0. The number of hydrogen-bond acceptors (Lipinski definition) is 10. The van der Waals surface area contributed by atoms with Crippen LogP contribution in [0.2, 0.25) is 0 Å². The second kappa shape index (κ2) is 10.9. The monoisotopic (exact) mass is 650 g/mol. The molecule has 0 unspecified atom stereocenters. The lowest BCUT2D eigenvalue weighted by Gasteiger charge is -2.72. The highest BCUT2D eigenvalue weighted by Crippen LogP contribution is 2.76. The highest BCUT2D eigenvalue weighted by atomic mass is 16.7. The molecule has 0 bridgehead atoms. The first-order valence-corrected chi connectivity index (χ1v) is 17.5. The number of esters is 1. The quantitative estimate of drug-likeness (QED) is 0.177. The van der Waals surface area contributed by atoms with Crippen molar-refractivity contribution in [3.8, 4) is 0 Å². The lowest BCUT2D eigenvalue weighted by molar-refractivity contribution is -0.299. The SMILES string of the molecule is C[C@H]1CC[C@@]2(C(=O)O[C@H]3O[C@@H](CO)[C@H](O)[C@@H](O)[C@@H]3O)CC[C@@]3(C)C(=CC[C@H]4[C@]5(C)C[C@H](O)[C@@H](O)C(C)(C)[C@H]5CC[C@@]43C)[C@H]2[C@@]1(C)O. The molecule has 0 radical (unpaired) electrons. The highest BCUT2D eigenvalue weighted by molar-refractivity contribution is 5.79. The molecule has 16 atom stereocenters. The molecule has 6 aliphatic rings. The Morgan fingerprint density at radius 1 is 0.913 bits per heavy atom. The minimum Gasteiger partial charge on any atom is -0.432 e. The molecule has 0 aromatic rings. The average molecular weight is 651 g/mol. The van der Waals surface area contributed by atoms with E-state index in [1.807, 2.05) is 13.8 Å². The summed E-state index contributed by atoms with van der Waals surface area (Å²) in [6.45, 7) is 14.4. The van der Waals surface area contributed by atoms with Crippen LogP contribution < -0.4 is 0 Å². The zero-order valence-corrected chi connectivity index (χ0v) is 28.6. The maximum atomic E-state index is 14.5. The van der Waals surface area contributed by atoms with Crippen molar-refractivity contribution in [2.45, 2.75) is 148 Å². The lowest BCUT2D eigenvalue weighted by Crippen LogP contribution is -2.69. The van der Waals surface area contributed by atoms with E-state index in [-0.39, 0.29) is 34.0 Å². The van der Waals surface area contributed by atoms with Gasteiger partial charge < -0.3 is 45.2 Å². The van der Waals surface area contributed by atoms with Gasteiger partial charge in [0.05, 0.1) is 29.8 Å². The average Bonchev–Trinajstić information content (AvgIpc) is 2.98. The number of fused-ring (bicyclic) bond motifs is 7. The van der Waals surface area contributed by atoms with Crippen LogP contribution in [0.1, 0.15) is 99.8 Å². The number of aliphatic hydroxyl groups excluding tert-OH is 6. The van der Waals surface area contributed by atoms with E-state index in [4.69, 9.17) is 9.47 Å². The van der Waals surface area contributed by atoms with Gasteiger partial charge in [-0.3, -0.25) is 4.79 Å². The summed E-state index contributed by atoms with van der Waals surface area (Å²) in [5, 5.41) is 75.6. The van der Waals surface area contributed by atoms with Gasteiger partial charge in [0.1, 0.15) is 24.4 Å². The van der Waals surface area contributed by atoms with Crippen molar-refractivity contribution in [3.05, 3.63) is 11.6 Å². The van der Waals surface area contributed by atoms with Gasteiger partial charge in [-0.15, -0.1) is 0 Å². The second-order valence-corrected chi connectivity index (χ2v) is 17.7. The Morgan fingerprint density at radius 3 is 2.24 bits per heavy atom. The van der Waals surface area contributed by atoms with Crippen LogP contribution >= 0.6 is 0 Å². The first-order valence-electron chi connectivity index (χ1n) is 17.5. The molecular formula is C36H58O10. The highest BCUT2D eigenvalue weighted by Gasteiger charge is 2.72. The smallest absolute Gasteiger partial charge is 0.315 e. The fourth-order valence-electron chi connectivity index (χ4n) is 12.4. The van der Waals surface area contributed by atoms with E-state index in [2.05, 4.69) is 40.7 Å². The molecule has 46 heavy (non-hydrogen) atoms. The van der Waals surface area contributed by atoms with Crippen molar-refractivity contribution in [3.63, 3.8) is 0 Å². The van der Waals surface area contributed by atoms with Gasteiger partial charge in [0, 0.05) is 5.92 Å². The number of rotatable bonds is 3. The summed E-state index contributed by atoms with van der Waals surface area (Å²) in [6.07, 6.45) is -1.65. The first-order chi connectivity index (χ1) is 21.2. The first kappa shape index (κ1) is 34.7. The van der Waals surface area contributed by atoms with Crippen molar-refractivity contribution in [2.24, 2.45) is 50.7 Å². The fraction of sp³-hybridized carbons (Fsp3) is 0.917. The van der Waals surface area contributed by atoms with E-state index in [1.165, 1.54) is 0 Å². The Labute approximate surface area is 273 Å². The Bertz CT molecular complexity index is 1250.